The number of pyridine rings is 1. The first kappa shape index (κ1) is 23.4. The molecule has 0 saturated carbocycles. The highest BCUT2D eigenvalue weighted by Crippen LogP contribution is 2.24. The highest BCUT2D eigenvalue weighted by molar-refractivity contribution is 7.89. The van der Waals surface area contributed by atoms with E-state index in [2.05, 4.69) is 15.0 Å². The second kappa shape index (κ2) is 9.07. The Hall–Kier alpha value is -3.27. The standard InChI is InChI=1S/C22H26N4O5S/c1-13(2)11-20(22(28)29)26(15(4)27)32(30,31)17-7-5-16(6-8-17)12-19-21-18(9-10-23-19)24-14(3)25-21/h5-10,13,20H,11-12H2,1-4H3,(H,24,25)(H,28,29)/t20-/m0/s1. The maximum absolute atomic E-state index is 13.2. The number of H-pyrrole nitrogens is 1. The van der Waals surface area contributed by atoms with Gasteiger partial charge in [-0.1, -0.05) is 26.0 Å². The van der Waals surface area contributed by atoms with E-state index in [9.17, 15) is 23.1 Å². The predicted molar refractivity (Wildman–Crippen MR) is 118 cm³/mol. The number of aromatic amines is 1. The molecule has 0 saturated heterocycles. The Morgan fingerprint density at radius 2 is 1.81 bits per heavy atom. The number of sulfonamides is 1. The largest absolute Gasteiger partial charge is 0.480 e. The molecule has 170 valence electrons. The molecule has 1 atom stereocenters. The number of benzene rings is 1. The lowest BCUT2D eigenvalue weighted by molar-refractivity contribution is -0.146. The molecule has 1 aromatic carbocycles. The van der Waals surface area contributed by atoms with E-state index in [0.29, 0.717) is 10.7 Å². The van der Waals surface area contributed by atoms with Crippen molar-refractivity contribution in [3.05, 3.63) is 53.6 Å². The molecule has 32 heavy (non-hydrogen) atoms. The minimum absolute atomic E-state index is 0.0193. The molecule has 9 nitrogen and oxygen atoms in total. The van der Waals surface area contributed by atoms with Gasteiger partial charge in [0.05, 0.1) is 21.6 Å². The van der Waals surface area contributed by atoms with E-state index in [4.69, 9.17) is 0 Å². The highest BCUT2D eigenvalue weighted by atomic mass is 32.2. The molecule has 2 N–H and O–H groups in total. The average Bonchev–Trinajstić information content (AvgIpc) is 3.08. The lowest BCUT2D eigenvalue weighted by atomic mass is 10.0. The molecule has 0 unspecified atom stereocenters. The van der Waals surface area contributed by atoms with Crippen LogP contribution in [0.1, 0.15) is 44.3 Å². The van der Waals surface area contributed by atoms with Crippen molar-refractivity contribution in [2.75, 3.05) is 0 Å². The zero-order chi connectivity index (χ0) is 23.6. The number of aryl methyl sites for hydroxylation is 1. The summed E-state index contributed by atoms with van der Waals surface area (Å²) in [7, 11) is -4.34. The summed E-state index contributed by atoms with van der Waals surface area (Å²) < 4.78 is 26.8. The second-order valence-corrected chi connectivity index (χ2v) is 9.91. The van der Waals surface area contributed by atoms with Crippen LogP contribution in [0.5, 0.6) is 0 Å². The highest BCUT2D eigenvalue weighted by Gasteiger charge is 2.38. The number of carboxylic acids is 1. The van der Waals surface area contributed by atoms with Crippen molar-refractivity contribution in [1.29, 1.82) is 0 Å². The van der Waals surface area contributed by atoms with E-state index in [0.717, 1.165) is 35.0 Å². The number of amides is 1. The summed E-state index contributed by atoms with van der Waals surface area (Å²) >= 11 is 0. The summed E-state index contributed by atoms with van der Waals surface area (Å²) in [5.74, 6) is -1.54. The fraction of sp³-hybridized carbons (Fsp3) is 0.364. The number of carboxylic acid groups (broad SMARTS) is 1. The zero-order valence-electron chi connectivity index (χ0n) is 18.4. The molecular weight excluding hydrogens is 432 g/mol. The molecule has 0 bridgehead atoms. The molecule has 3 rings (SSSR count). The van der Waals surface area contributed by atoms with Crippen LogP contribution in [0.15, 0.2) is 41.4 Å². The molecule has 0 radical (unpaired) electrons. The number of aliphatic carboxylic acids is 1. The smallest absolute Gasteiger partial charge is 0.327 e. The first-order chi connectivity index (χ1) is 15.0. The van der Waals surface area contributed by atoms with Crippen molar-refractivity contribution in [2.45, 2.75) is 51.5 Å². The zero-order valence-corrected chi connectivity index (χ0v) is 19.2. The van der Waals surface area contributed by atoms with Crippen molar-refractivity contribution in [1.82, 2.24) is 19.3 Å². The molecule has 0 aliphatic rings. The van der Waals surface area contributed by atoms with Crippen LogP contribution in [0.25, 0.3) is 11.0 Å². The lowest BCUT2D eigenvalue weighted by Gasteiger charge is -2.28. The van der Waals surface area contributed by atoms with Crippen LogP contribution < -0.4 is 0 Å². The molecule has 0 aliphatic heterocycles. The number of carbonyl (C=O) groups excluding carboxylic acids is 1. The number of hydrogen-bond acceptors (Lipinski definition) is 6. The summed E-state index contributed by atoms with van der Waals surface area (Å²) in [6.07, 6.45) is 2.13. The molecule has 2 heterocycles. The van der Waals surface area contributed by atoms with E-state index >= 15 is 0 Å². The fourth-order valence-corrected chi connectivity index (χ4v) is 5.19. The number of carbonyl (C=O) groups is 2. The van der Waals surface area contributed by atoms with Gasteiger partial charge in [0.15, 0.2) is 0 Å². The quantitative estimate of drug-likeness (QED) is 0.530. The second-order valence-electron chi connectivity index (χ2n) is 8.10. The third-order valence-electron chi connectivity index (χ3n) is 5.03. The number of imidazole rings is 1. The van der Waals surface area contributed by atoms with Crippen LogP contribution in [0, 0.1) is 12.8 Å². The minimum atomic E-state index is -4.34. The molecule has 2 aromatic heterocycles. The van der Waals surface area contributed by atoms with Crippen molar-refractivity contribution in [3.63, 3.8) is 0 Å². The first-order valence-electron chi connectivity index (χ1n) is 10.2. The van der Waals surface area contributed by atoms with Gasteiger partial charge >= 0.3 is 5.97 Å². The number of hydrogen-bond donors (Lipinski definition) is 2. The number of aromatic nitrogens is 3. The Kier molecular flexibility index (Phi) is 6.63. The van der Waals surface area contributed by atoms with Gasteiger partial charge in [0.1, 0.15) is 11.9 Å². The normalized spacial score (nSPS) is 12.8. The Labute approximate surface area is 186 Å². The minimum Gasteiger partial charge on any atom is -0.480 e. The summed E-state index contributed by atoms with van der Waals surface area (Å²) in [5, 5.41) is 9.57. The van der Waals surface area contributed by atoms with E-state index in [1.165, 1.54) is 12.1 Å². The van der Waals surface area contributed by atoms with Crippen molar-refractivity contribution in [3.8, 4) is 0 Å². The number of rotatable bonds is 8. The van der Waals surface area contributed by atoms with E-state index in [1.54, 1.807) is 32.2 Å². The third kappa shape index (κ3) is 4.80. The maximum Gasteiger partial charge on any atom is 0.327 e. The number of fused-ring (bicyclic) bond motifs is 1. The molecule has 0 spiro atoms. The van der Waals surface area contributed by atoms with Crippen molar-refractivity contribution >= 4 is 32.9 Å². The summed E-state index contributed by atoms with van der Waals surface area (Å²) in [4.78, 5) is 35.8. The first-order valence-corrected chi connectivity index (χ1v) is 11.6. The van der Waals surface area contributed by atoms with Gasteiger partial charge in [-0.3, -0.25) is 9.78 Å². The van der Waals surface area contributed by atoms with E-state index in [-0.39, 0.29) is 17.2 Å². The van der Waals surface area contributed by atoms with Gasteiger partial charge in [0.2, 0.25) is 5.91 Å². The summed E-state index contributed by atoms with van der Waals surface area (Å²) in [5.41, 5.74) is 3.20. The van der Waals surface area contributed by atoms with Gasteiger partial charge in [-0.05, 0) is 43.0 Å². The van der Waals surface area contributed by atoms with Gasteiger partial charge in [-0.15, -0.1) is 0 Å². The average molecular weight is 459 g/mol. The van der Waals surface area contributed by atoms with Crippen LogP contribution in [0.4, 0.5) is 0 Å². The summed E-state index contributed by atoms with van der Waals surface area (Å²) in [6, 6.07) is 6.37. The Balaban J connectivity index is 1.91. The van der Waals surface area contributed by atoms with Crippen molar-refractivity contribution < 1.29 is 23.1 Å². The third-order valence-corrected chi connectivity index (χ3v) is 6.92. The Bertz CT molecular complexity index is 1250. The molecule has 1 amide bonds. The van der Waals surface area contributed by atoms with Crippen LogP contribution >= 0.6 is 0 Å². The molecule has 0 fully saturated rings. The molecule has 0 aliphatic carbocycles. The van der Waals surface area contributed by atoms with Crippen LogP contribution in [0.2, 0.25) is 0 Å². The van der Waals surface area contributed by atoms with Crippen LogP contribution in [0.3, 0.4) is 0 Å². The Morgan fingerprint density at radius 1 is 1.16 bits per heavy atom. The van der Waals surface area contributed by atoms with Gasteiger partial charge < -0.3 is 10.1 Å². The summed E-state index contributed by atoms with van der Waals surface area (Å²) in [6.45, 7) is 6.45. The van der Waals surface area contributed by atoms with Crippen LogP contribution in [-0.2, 0) is 26.0 Å². The van der Waals surface area contributed by atoms with Crippen molar-refractivity contribution in [2.24, 2.45) is 5.92 Å². The molecule has 10 heteroatoms. The fourth-order valence-electron chi connectivity index (χ4n) is 3.63. The number of nitrogens with one attached hydrogen (secondary N) is 1. The van der Waals surface area contributed by atoms with Gasteiger partial charge in [0, 0.05) is 19.5 Å². The molecular formula is C22H26N4O5S. The SMILES string of the molecule is CC(=O)N([C@@H](CC(C)C)C(=O)O)S(=O)(=O)c1ccc(Cc2nccc3nc(C)[nH]c23)cc1. The van der Waals surface area contributed by atoms with Gasteiger partial charge in [-0.2, -0.15) is 0 Å². The topological polar surface area (TPSA) is 133 Å². The number of nitrogens with zero attached hydrogens (tertiary/aromatic N) is 3. The van der Waals surface area contributed by atoms with E-state index < -0.39 is 27.9 Å². The van der Waals surface area contributed by atoms with Gasteiger partial charge in [0.25, 0.3) is 10.0 Å². The van der Waals surface area contributed by atoms with E-state index in [1.807, 2.05) is 13.0 Å². The lowest BCUT2D eigenvalue weighted by Crippen LogP contribution is -2.48. The predicted octanol–water partition coefficient (Wildman–Crippen LogP) is 2.89. The van der Waals surface area contributed by atoms with Crippen LogP contribution in [-0.4, -0.2) is 50.7 Å². The Morgan fingerprint density at radius 3 is 2.38 bits per heavy atom. The molecule has 3 aromatic rings. The van der Waals surface area contributed by atoms with Gasteiger partial charge in [-0.25, -0.2) is 22.5 Å². The maximum atomic E-state index is 13.2. The monoisotopic (exact) mass is 458 g/mol.